The van der Waals surface area contributed by atoms with E-state index in [1.165, 1.54) is 11.5 Å². The van der Waals surface area contributed by atoms with E-state index in [0.717, 1.165) is 21.7 Å². The van der Waals surface area contributed by atoms with Gasteiger partial charge in [-0.1, -0.05) is 29.7 Å². The molecule has 0 saturated heterocycles. The molecule has 0 N–H and O–H groups in total. The predicted molar refractivity (Wildman–Crippen MR) is 77.7 cm³/mol. The highest BCUT2D eigenvalue weighted by molar-refractivity contribution is 6.33. The van der Waals surface area contributed by atoms with Gasteiger partial charge in [0.05, 0.1) is 0 Å². The van der Waals surface area contributed by atoms with E-state index in [-0.39, 0.29) is 5.63 Å². The molecule has 1 heterocycles. The second-order valence-electron chi connectivity index (χ2n) is 4.39. The lowest BCUT2D eigenvalue weighted by atomic mass is 9.92. The number of benzene rings is 2. The third-order valence-electron chi connectivity index (χ3n) is 3.10. The molecular formula is C14H10BClO2. The van der Waals surface area contributed by atoms with Crippen LogP contribution in [0.5, 0.6) is 0 Å². The number of alkyl halides is 1. The molecule has 0 bridgehead atoms. The number of hydrogen-bond acceptors (Lipinski definition) is 2. The zero-order valence-electron chi connectivity index (χ0n) is 9.87. The normalized spacial score (nSPS) is 11.2. The summed E-state index contributed by atoms with van der Waals surface area (Å²) in [5.41, 5.74) is 2.25. The van der Waals surface area contributed by atoms with E-state index >= 15 is 0 Å². The Bertz CT molecular complexity index is 808. The van der Waals surface area contributed by atoms with Gasteiger partial charge in [0.2, 0.25) is 0 Å². The van der Waals surface area contributed by atoms with Gasteiger partial charge in [0, 0.05) is 17.3 Å². The highest BCUT2D eigenvalue weighted by Gasteiger charge is 2.08. The molecule has 0 saturated carbocycles. The van der Waals surface area contributed by atoms with E-state index in [4.69, 9.17) is 16.0 Å². The smallest absolute Gasteiger partial charge is 0.336 e. The van der Waals surface area contributed by atoms with E-state index in [1.54, 1.807) is 0 Å². The molecule has 3 rings (SSSR count). The third-order valence-corrected chi connectivity index (χ3v) is 3.39. The molecule has 0 fully saturated rings. The maximum Gasteiger partial charge on any atom is 0.336 e. The van der Waals surface area contributed by atoms with Crippen molar-refractivity contribution in [3.63, 3.8) is 0 Å². The highest BCUT2D eigenvalue weighted by Crippen LogP contribution is 2.27. The quantitative estimate of drug-likeness (QED) is 0.288. The molecule has 4 heteroatoms. The topological polar surface area (TPSA) is 30.2 Å². The molecule has 2 aromatic carbocycles. The van der Waals surface area contributed by atoms with Crippen LogP contribution in [-0.4, -0.2) is 7.85 Å². The number of halogens is 1. The van der Waals surface area contributed by atoms with Crippen molar-refractivity contribution >= 4 is 46.7 Å². The lowest BCUT2D eigenvalue weighted by Gasteiger charge is -2.07. The average Bonchev–Trinajstić information content (AvgIpc) is 2.37. The van der Waals surface area contributed by atoms with Gasteiger partial charge in [0.1, 0.15) is 13.4 Å². The van der Waals surface area contributed by atoms with Crippen molar-refractivity contribution in [2.75, 3.05) is 0 Å². The minimum absolute atomic E-state index is 0.301. The summed E-state index contributed by atoms with van der Waals surface area (Å²) in [5, 5.41) is 3.13. The van der Waals surface area contributed by atoms with Gasteiger partial charge in [0.15, 0.2) is 0 Å². The molecule has 18 heavy (non-hydrogen) atoms. The average molecular weight is 256 g/mol. The fourth-order valence-corrected chi connectivity index (χ4v) is 2.51. The van der Waals surface area contributed by atoms with Gasteiger partial charge in [-0.05, 0) is 22.4 Å². The Labute approximate surface area is 110 Å². The molecule has 0 aliphatic carbocycles. The predicted octanol–water partition coefficient (Wildman–Crippen LogP) is 1.94. The van der Waals surface area contributed by atoms with Crippen LogP contribution in [0.1, 0.15) is 5.56 Å². The monoisotopic (exact) mass is 256 g/mol. The number of fused-ring (bicyclic) bond motifs is 3. The molecule has 0 aliphatic rings. The van der Waals surface area contributed by atoms with Crippen LogP contribution in [0.3, 0.4) is 0 Å². The van der Waals surface area contributed by atoms with Crippen LogP contribution >= 0.6 is 11.6 Å². The highest BCUT2D eigenvalue weighted by atomic mass is 35.5. The summed E-state index contributed by atoms with van der Waals surface area (Å²) >= 11 is 5.93. The van der Waals surface area contributed by atoms with Crippen molar-refractivity contribution in [1.29, 1.82) is 0 Å². The van der Waals surface area contributed by atoms with Crippen LogP contribution < -0.4 is 11.1 Å². The second-order valence-corrected chi connectivity index (χ2v) is 4.65. The molecular weight excluding hydrogens is 246 g/mol. The van der Waals surface area contributed by atoms with Crippen molar-refractivity contribution < 1.29 is 4.42 Å². The fourth-order valence-electron chi connectivity index (χ4n) is 2.30. The third kappa shape index (κ3) is 1.71. The van der Waals surface area contributed by atoms with Gasteiger partial charge in [-0.25, -0.2) is 4.79 Å². The van der Waals surface area contributed by atoms with Gasteiger partial charge >= 0.3 is 5.63 Å². The zero-order valence-corrected chi connectivity index (χ0v) is 10.6. The first-order valence-electron chi connectivity index (χ1n) is 5.71. The number of hydrogen-bond donors (Lipinski definition) is 0. The summed E-state index contributed by atoms with van der Waals surface area (Å²) in [6, 6.07) is 11.5. The van der Waals surface area contributed by atoms with Crippen molar-refractivity contribution in [2.45, 2.75) is 5.88 Å². The van der Waals surface area contributed by atoms with E-state index in [0.29, 0.717) is 11.5 Å². The molecule has 0 spiro atoms. The summed E-state index contributed by atoms with van der Waals surface area (Å²) in [6.07, 6.45) is 0. The summed E-state index contributed by atoms with van der Waals surface area (Å²) in [7, 11) is 2.05. The van der Waals surface area contributed by atoms with Crippen LogP contribution in [0.25, 0.3) is 21.7 Å². The molecule has 1 aromatic heterocycles. The standard InChI is InChI=1S/C14H10BClO2/c15-10-2-3-11-8(5-10)1-4-12-14(11)9(7-16)6-13(17)18-12/h1-6H,7,15H2. The van der Waals surface area contributed by atoms with Gasteiger partial charge < -0.3 is 4.42 Å². The van der Waals surface area contributed by atoms with Crippen LogP contribution in [0.2, 0.25) is 0 Å². The Hall–Kier alpha value is -1.74. The van der Waals surface area contributed by atoms with E-state index in [1.807, 2.05) is 24.3 Å². The molecule has 3 aromatic rings. The van der Waals surface area contributed by atoms with Gasteiger partial charge in [-0.3, -0.25) is 0 Å². The summed E-state index contributed by atoms with van der Waals surface area (Å²) in [6.45, 7) is 0. The Balaban J connectivity index is 2.56. The Morgan fingerprint density at radius 1 is 1.17 bits per heavy atom. The van der Waals surface area contributed by atoms with Gasteiger partial charge in [-0.2, -0.15) is 0 Å². The van der Waals surface area contributed by atoms with E-state index < -0.39 is 0 Å². The minimum atomic E-state index is -0.357. The van der Waals surface area contributed by atoms with Crippen LogP contribution in [0.15, 0.2) is 45.6 Å². The van der Waals surface area contributed by atoms with Gasteiger partial charge in [-0.15, -0.1) is 11.6 Å². The minimum Gasteiger partial charge on any atom is -0.423 e. The fraction of sp³-hybridized carbons (Fsp3) is 0.0714. The maximum absolute atomic E-state index is 11.4. The van der Waals surface area contributed by atoms with Crippen molar-refractivity contribution in [3.05, 3.63) is 52.4 Å². The summed E-state index contributed by atoms with van der Waals surface area (Å²) in [4.78, 5) is 11.4. The molecule has 0 aliphatic heterocycles. The van der Waals surface area contributed by atoms with Gasteiger partial charge in [0.25, 0.3) is 0 Å². The Morgan fingerprint density at radius 2 is 2.00 bits per heavy atom. The first kappa shape index (κ1) is 11.4. The first-order valence-corrected chi connectivity index (χ1v) is 6.24. The van der Waals surface area contributed by atoms with Crippen molar-refractivity contribution in [1.82, 2.24) is 0 Å². The Kier molecular flexibility index (Phi) is 2.64. The molecule has 0 radical (unpaired) electrons. The number of rotatable bonds is 1. The zero-order chi connectivity index (χ0) is 12.7. The largest absolute Gasteiger partial charge is 0.423 e. The van der Waals surface area contributed by atoms with E-state index in [2.05, 4.69) is 13.9 Å². The SMILES string of the molecule is Bc1ccc2c(ccc3oc(=O)cc(CCl)c32)c1. The maximum atomic E-state index is 11.4. The summed E-state index contributed by atoms with van der Waals surface area (Å²) < 4.78 is 5.23. The second kappa shape index (κ2) is 4.18. The van der Waals surface area contributed by atoms with Crippen LogP contribution in [0, 0.1) is 0 Å². The molecule has 2 nitrogen and oxygen atoms in total. The molecule has 88 valence electrons. The first-order chi connectivity index (χ1) is 8.69. The van der Waals surface area contributed by atoms with Crippen molar-refractivity contribution in [3.8, 4) is 0 Å². The lowest BCUT2D eigenvalue weighted by Crippen LogP contribution is -2.02. The van der Waals surface area contributed by atoms with E-state index in [9.17, 15) is 4.79 Å². The van der Waals surface area contributed by atoms with Crippen LogP contribution in [-0.2, 0) is 5.88 Å². The van der Waals surface area contributed by atoms with Crippen LogP contribution in [0.4, 0.5) is 0 Å². The lowest BCUT2D eigenvalue weighted by molar-refractivity contribution is 0.560. The Morgan fingerprint density at radius 3 is 2.78 bits per heavy atom. The molecule has 0 amide bonds. The molecule has 0 unspecified atom stereocenters. The van der Waals surface area contributed by atoms with Crippen molar-refractivity contribution in [2.24, 2.45) is 0 Å². The summed E-state index contributed by atoms with van der Waals surface area (Å²) in [5.74, 6) is 0.301. The molecule has 0 atom stereocenters.